The van der Waals surface area contributed by atoms with E-state index in [-0.39, 0.29) is 29.7 Å². The summed E-state index contributed by atoms with van der Waals surface area (Å²) >= 11 is 0. The molecule has 2 aromatic carbocycles. The number of nitrogens with one attached hydrogen (secondary N) is 2. The average molecular weight is 421 g/mol. The Balaban J connectivity index is 1.49. The summed E-state index contributed by atoms with van der Waals surface area (Å²) in [6, 6.07) is 17.5. The van der Waals surface area contributed by atoms with Gasteiger partial charge < -0.3 is 10.2 Å². The maximum absolute atomic E-state index is 13.3. The van der Waals surface area contributed by atoms with E-state index in [1.807, 2.05) is 42.5 Å². The van der Waals surface area contributed by atoms with Crippen molar-refractivity contribution < 1.29 is 9.59 Å². The van der Waals surface area contributed by atoms with Crippen molar-refractivity contribution >= 4 is 23.2 Å². The molecule has 0 bridgehead atoms. The molecule has 0 radical (unpaired) electrons. The third-order valence-corrected chi connectivity index (χ3v) is 6.43. The third kappa shape index (κ3) is 4.65. The Labute approximate surface area is 184 Å². The van der Waals surface area contributed by atoms with Gasteiger partial charge >= 0.3 is 0 Å². The molecule has 2 heterocycles. The molecule has 2 amide bonds. The molecule has 0 aromatic heterocycles. The minimum atomic E-state index is -0.309. The van der Waals surface area contributed by atoms with Gasteiger partial charge in [0, 0.05) is 18.8 Å². The number of unbranched alkanes of at least 4 members (excludes halogenated alkanes) is 1. The summed E-state index contributed by atoms with van der Waals surface area (Å²) in [7, 11) is 0. The van der Waals surface area contributed by atoms with Crippen LogP contribution in [0.4, 0.5) is 11.4 Å². The minimum Gasteiger partial charge on any atom is -0.326 e. The van der Waals surface area contributed by atoms with Gasteiger partial charge in [0.25, 0.3) is 0 Å². The Morgan fingerprint density at radius 1 is 1.06 bits per heavy atom. The predicted octanol–water partition coefficient (Wildman–Crippen LogP) is 3.46. The van der Waals surface area contributed by atoms with Gasteiger partial charge in [-0.1, -0.05) is 50.6 Å². The quantitative estimate of drug-likeness (QED) is 0.720. The largest absolute Gasteiger partial charge is 0.326 e. The zero-order valence-electron chi connectivity index (χ0n) is 18.4. The highest BCUT2D eigenvalue weighted by atomic mass is 16.2. The van der Waals surface area contributed by atoms with Crippen molar-refractivity contribution in [1.29, 1.82) is 0 Å². The van der Waals surface area contributed by atoms with Crippen molar-refractivity contribution in [2.24, 2.45) is 11.8 Å². The van der Waals surface area contributed by atoms with Crippen molar-refractivity contribution in [1.82, 2.24) is 10.3 Å². The van der Waals surface area contributed by atoms with Crippen molar-refractivity contribution in [3.8, 4) is 0 Å². The lowest BCUT2D eigenvalue weighted by Gasteiger charge is -2.37. The summed E-state index contributed by atoms with van der Waals surface area (Å²) in [5.41, 5.74) is 6.25. The Morgan fingerprint density at radius 3 is 2.48 bits per heavy atom. The molecule has 2 N–H and O–H groups in total. The maximum atomic E-state index is 13.3. The molecule has 2 saturated heterocycles. The summed E-state index contributed by atoms with van der Waals surface area (Å²) in [4.78, 5) is 28.6. The van der Waals surface area contributed by atoms with Crippen LogP contribution in [0.2, 0.25) is 0 Å². The van der Waals surface area contributed by atoms with Gasteiger partial charge in [-0.25, -0.2) is 10.4 Å². The molecule has 0 saturated carbocycles. The van der Waals surface area contributed by atoms with E-state index in [0.29, 0.717) is 13.1 Å². The van der Waals surface area contributed by atoms with Crippen LogP contribution in [0.3, 0.4) is 0 Å². The normalized spacial score (nSPS) is 23.6. The lowest BCUT2D eigenvalue weighted by Crippen LogP contribution is -2.55. The molecule has 2 aromatic rings. The second kappa shape index (κ2) is 9.62. The zero-order valence-corrected chi connectivity index (χ0v) is 18.4. The zero-order chi connectivity index (χ0) is 21.8. The monoisotopic (exact) mass is 420 g/mol. The Hall–Kier alpha value is -2.70. The van der Waals surface area contributed by atoms with Crippen molar-refractivity contribution in [2.75, 3.05) is 30.0 Å². The molecule has 4 rings (SSSR count). The number of fused-ring (bicyclic) bond motifs is 1. The van der Waals surface area contributed by atoms with Gasteiger partial charge in [0.1, 0.15) is 0 Å². The number of nitrogens with zero attached hydrogens (tertiary/aromatic N) is 2. The molecule has 3 unspecified atom stereocenters. The fourth-order valence-electron chi connectivity index (χ4n) is 4.58. The van der Waals surface area contributed by atoms with E-state index in [1.54, 1.807) is 5.01 Å². The number of carbonyl (C=O) groups excluding carboxylic acids is 2. The molecule has 0 spiro atoms. The SMILES string of the molecule is CCCCc1ccc(NC(=O)C2CN(CC)CC3C(=O)N(c4ccccc4)NC23)cc1. The van der Waals surface area contributed by atoms with E-state index in [4.69, 9.17) is 0 Å². The second-order valence-electron chi connectivity index (χ2n) is 8.52. The first kappa shape index (κ1) is 21.5. The number of piperidine rings is 1. The molecule has 31 heavy (non-hydrogen) atoms. The van der Waals surface area contributed by atoms with Crippen LogP contribution >= 0.6 is 0 Å². The van der Waals surface area contributed by atoms with Crippen LogP contribution in [0.1, 0.15) is 32.3 Å². The number of carbonyl (C=O) groups is 2. The van der Waals surface area contributed by atoms with Crippen LogP contribution in [0.5, 0.6) is 0 Å². The average Bonchev–Trinajstić information content (AvgIpc) is 3.14. The van der Waals surface area contributed by atoms with Gasteiger partial charge in [0.05, 0.1) is 23.6 Å². The minimum absolute atomic E-state index is 0.0347. The topological polar surface area (TPSA) is 64.7 Å². The lowest BCUT2D eigenvalue weighted by molar-refractivity contribution is -0.126. The van der Waals surface area contributed by atoms with Gasteiger partial charge in [-0.05, 0) is 49.2 Å². The van der Waals surface area contributed by atoms with Gasteiger partial charge in [-0.3, -0.25) is 9.59 Å². The summed E-state index contributed by atoms with van der Waals surface area (Å²) in [6.45, 7) is 6.39. The number of para-hydroxylation sites is 1. The Morgan fingerprint density at radius 2 is 1.81 bits per heavy atom. The van der Waals surface area contributed by atoms with Crippen LogP contribution < -0.4 is 15.8 Å². The molecule has 164 valence electrons. The molecule has 3 atom stereocenters. The van der Waals surface area contributed by atoms with E-state index >= 15 is 0 Å². The number of hydrogen-bond donors (Lipinski definition) is 2. The molecule has 6 nitrogen and oxygen atoms in total. The number of hydrazine groups is 1. The number of anilines is 2. The number of likely N-dealkylation sites (tertiary alicyclic amines) is 1. The fourth-order valence-corrected chi connectivity index (χ4v) is 4.58. The summed E-state index contributed by atoms with van der Waals surface area (Å²) in [5.74, 6) is -0.547. The third-order valence-electron chi connectivity index (χ3n) is 6.43. The molecule has 2 aliphatic rings. The first-order valence-electron chi connectivity index (χ1n) is 11.4. The van der Waals surface area contributed by atoms with Crippen LogP contribution in [0.15, 0.2) is 54.6 Å². The smallest absolute Gasteiger partial charge is 0.247 e. The fraction of sp³-hybridized carbons (Fsp3) is 0.440. The van der Waals surface area contributed by atoms with Gasteiger partial charge in [-0.15, -0.1) is 0 Å². The van der Waals surface area contributed by atoms with E-state index < -0.39 is 0 Å². The van der Waals surface area contributed by atoms with E-state index in [1.165, 1.54) is 18.4 Å². The molecular formula is C25H32N4O2. The second-order valence-corrected chi connectivity index (χ2v) is 8.52. The highest BCUT2D eigenvalue weighted by Gasteiger charge is 2.50. The highest BCUT2D eigenvalue weighted by Crippen LogP contribution is 2.32. The number of amides is 2. The number of hydrogen-bond acceptors (Lipinski definition) is 4. The number of benzene rings is 2. The van der Waals surface area contributed by atoms with Gasteiger partial charge in [0.15, 0.2) is 0 Å². The predicted molar refractivity (Wildman–Crippen MR) is 124 cm³/mol. The number of aryl methyl sites for hydroxylation is 1. The molecule has 2 aliphatic heterocycles. The van der Waals surface area contributed by atoms with E-state index in [0.717, 1.165) is 24.3 Å². The van der Waals surface area contributed by atoms with E-state index in [9.17, 15) is 9.59 Å². The Bertz CT molecular complexity index is 899. The standard InChI is InChI=1S/C25H32N4O2/c1-3-5-9-18-12-14-19(15-13-18)26-24(30)21-16-28(4-2)17-22-23(21)27-29(25(22)31)20-10-7-6-8-11-20/h6-8,10-15,21-23,27H,3-5,9,16-17H2,1-2H3,(H,26,30). The molecular weight excluding hydrogens is 388 g/mol. The van der Waals surface area contributed by atoms with Crippen LogP contribution in [0, 0.1) is 11.8 Å². The van der Waals surface area contributed by atoms with Crippen molar-refractivity contribution in [3.05, 3.63) is 60.2 Å². The van der Waals surface area contributed by atoms with E-state index in [2.05, 4.69) is 41.6 Å². The first-order valence-corrected chi connectivity index (χ1v) is 11.4. The molecule has 6 heteroatoms. The number of rotatable bonds is 7. The van der Waals surface area contributed by atoms with Crippen LogP contribution in [0.25, 0.3) is 0 Å². The summed E-state index contributed by atoms with van der Waals surface area (Å²) in [5, 5.41) is 4.71. The van der Waals surface area contributed by atoms with Crippen LogP contribution in [-0.2, 0) is 16.0 Å². The van der Waals surface area contributed by atoms with Crippen molar-refractivity contribution in [2.45, 2.75) is 39.2 Å². The first-order chi connectivity index (χ1) is 15.1. The van der Waals surface area contributed by atoms with Gasteiger partial charge in [0.2, 0.25) is 11.8 Å². The molecule has 0 aliphatic carbocycles. The molecule has 2 fully saturated rings. The Kier molecular flexibility index (Phi) is 6.68. The highest BCUT2D eigenvalue weighted by molar-refractivity contribution is 6.00. The lowest BCUT2D eigenvalue weighted by atomic mass is 9.84. The summed E-state index contributed by atoms with van der Waals surface area (Å²) < 4.78 is 0. The maximum Gasteiger partial charge on any atom is 0.247 e. The van der Waals surface area contributed by atoms with Crippen molar-refractivity contribution in [3.63, 3.8) is 0 Å². The van der Waals surface area contributed by atoms with Gasteiger partial charge in [-0.2, -0.15) is 0 Å². The summed E-state index contributed by atoms with van der Waals surface area (Å²) in [6.07, 6.45) is 3.40. The van der Waals surface area contributed by atoms with Crippen LogP contribution in [-0.4, -0.2) is 42.4 Å².